The van der Waals surface area contributed by atoms with Crippen molar-refractivity contribution in [1.29, 1.82) is 0 Å². The van der Waals surface area contributed by atoms with Crippen molar-refractivity contribution in [3.63, 3.8) is 0 Å². The molecule has 2 unspecified atom stereocenters. The average Bonchev–Trinajstić information content (AvgIpc) is 3.38. The van der Waals surface area contributed by atoms with E-state index in [1.54, 1.807) is 4.31 Å². The van der Waals surface area contributed by atoms with E-state index in [4.69, 9.17) is 0 Å². The number of alkyl halides is 1. The molecule has 0 radical (unpaired) electrons. The minimum absolute atomic E-state index is 0.113. The fourth-order valence-electron chi connectivity index (χ4n) is 4.24. The third kappa shape index (κ3) is 4.08. The highest BCUT2D eigenvalue weighted by Crippen LogP contribution is 2.46. The van der Waals surface area contributed by atoms with Crippen molar-refractivity contribution in [3.8, 4) is 0 Å². The minimum atomic E-state index is -3.10. The van der Waals surface area contributed by atoms with Crippen LogP contribution in [0.2, 0.25) is 0 Å². The minimum Gasteiger partial charge on any atom is -0.212 e. The summed E-state index contributed by atoms with van der Waals surface area (Å²) in [7, 11) is -3.10. The van der Waals surface area contributed by atoms with Crippen molar-refractivity contribution in [2.75, 3.05) is 13.1 Å². The molecule has 1 aromatic rings. The molecule has 140 valence electrons. The van der Waals surface area contributed by atoms with E-state index < -0.39 is 10.0 Å². The van der Waals surface area contributed by atoms with Crippen LogP contribution in [0.25, 0.3) is 0 Å². The van der Waals surface area contributed by atoms with Gasteiger partial charge >= 0.3 is 0 Å². The zero-order valence-electron chi connectivity index (χ0n) is 15.7. The topological polar surface area (TPSA) is 37.4 Å². The normalized spacial score (nSPS) is 26.2. The third-order valence-corrected chi connectivity index (χ3v) is 8.95. The van der Waals surface area contributed by atoms with Gasteiger partial charge < -0.3 is 0 Å². The first-order valence-electron chi connectivity index (χ1n) is 9.39. The first-order valence-corrected chi connectivity index (χ1v) is 12.0. The average molecular weight is 475 g/mol. The van der Waals surface area contributed by atoms with Crippen molar-refractivity contribution in [1.82, 2.24) is 4.31 Å². The van der Waals surface area contributed by atoms with Gasteiger partial charge in [0.15, 0.2) is 0 Å². The van der Waals surface area contributed by atoms with Gasteiger partial charge in [-0.2, -0.15) is 0 Å². The van der Waals surface area contributed by atoms with E-state index in [2.05, 4.69) is 74.6 Å². The zero-order chi connectivity index (χ0) is 18.4. The number of hydrogen-bond donors (Lipinski definition) is 0. The number of benzene rings is 1. The molecule has 0 bridgehead atoms. The molecule has 1 saturated carbocycles. The van der Waals surface area contributed by atoms with Crippen molar-refractivity contribution in [2.45, 2.75) is 67.5 Å². The molecule has 0 amide bonds. The number of hydrogen-bond acceptors (Lipinski definition) is 2. The highest BCUT2D eigenvalue weighted by atomic mass is 127. The van der Waals surface area contributed by atoms with Crippen LogP contribution in [0, 0.1) is 5.92 Å². The Hall–Kier alpha value is -0.140. The maximum atomic E-state index is 12.8. The van der Waals surface area contributed by atoms with E-state index in [0.29, 0.717) is 24.9 Å². The molecule has 1 saturated heterocycles. The maximum absolute atomic E-state index is 12.8. The quantitative estimate of drug-likeness (QED) is 0.448. The molecule has 3 rings (SSSR count). The maximum Gasteiger partial charge on any atom is 0.217 e. The number of rotatable bonds is 5. The summed E-state index contributed by atoms with van der Waals surface area (Å²) in [6.07, 6.45) is 2.62. The molecule has 0 N–H and O–H groups in total. The molecule has 3 nitrogen and oxygen atoms in total. The van der Waals surface area contributed by atoms with Crippen LogP contribution in [0.4, 0.5) is 0 Å². The Labute approximate surface area is 166 Å². The molecule has 2 atom stereocenters. The number of nitrogens with zero attached hydrogens (tertiary/aromatic N) is 1. The summed E-state index contributed by atoms with van der Waals surface area (Å²) in [4.78, 5) is 0. The molecule has 25 heavy (non-hydrogen) atoms. The lowest BCUT2D eigenvalue weighted by molar-refractivity contribution is 0.212. The highest BCUT2D eigenvalue weighted by molar-refractivity contribution is 14.1. The molecular formula is C20H30INO2S. The summed E-state index contributed by atoms with van der Waals surface area (Å²) in [5.41, 5.74) is 2.71. The Bertz CT molecular complexity index is 719. The second kappa shape index (κ2) is 7.12. The smallest absolute Gasteiger partial charge is 0.212 e. The van der Waals surface area contributed by atoms with Gasteiger partial charge in [-0.15, -0.1) is 0 Å². The fraction of sp³-hybridized carbons (Fsp3) is 0.700. The molecule has 5 heteroatoms. The van der Waals surface area contributed by atoms with Crippen LogP contribution in [0.15, 0.2) is 24.3 Å². The SMILES string of the molecule is CC(C)c1ccccc1C1CN(S(=O)(=O)C2CC2)CCC1C(C)(C)I. The number of piperidine rings is 1. The van der Waals surface area contributed by atoms with E-state index in [-0.39, 0.29) is 14.6 Å². The van der Waals surface area contributed by atoms with E-state index in [1.807, 2.05) is 0 Å². The predicted octanol–water partition coefficient (Wildman–Crippen LogP) is 4.92. The van der Waals surface area contributed by atoms with Gasteiger partial charge in [0.25, 0.3) is 0 Å². The standard InChI is InChI=1S/C20H30INO2S/c1-14(2)16-7-5-6-8-17(16)18-13-22(25(23,24)15-9-10-15)12-11-19(18)20(3,4)21/h5-8,14-15,18-19H,9-13H2,1-4H3. The third-order valence-electron chi connectivity index (χ3n) is 5.78. The van der Waals surface area contributed by atoms with Gasteiger partial charge in [-0.1, -0.05) is 74.6 Å². The Balaban J connectivity index is 1.98. The van der Waals surface area contributed by atoms with Gasteiger partial charge in [0.2, 0.25) is 10.0 Å². The molecule has 1 aromatic carbocycles. The van der Waals surface area contributed by atoms with Crippen LogP contribution in [-0.4, -0.2) is 34.5 Å². The summed E-state index contributed by atoms with van der Waals surface area (Å²) < 4.78 is 27.6. The van der Waals surface area contributed by atoms with Gasteiger partial charge in [0, 0.05) is 22.4 Å². The summed E-state index contributed by atoms with van der Waals surface area (Å²) in [5.74, 6) is 1.20. The lowest BCUT2D eigenvalue weighted by Gasteiger charge is -2.44. The van der Waals surface area contributed by atoms with E-state index in [1.165, 1.54) is 11.1 Å². The van der Waals surface area contributed by atoms with Gasteiger partial charge in [0.1, 0.15) is 0 Å². The van der Waals surface area contributed by atoms with Gasteiger partial charge in [0.05, 0.1) is 5.25 Å². The van der Waals surface area contributed by atoms with E-state index in [9.17, 15) is 8.42 Å². The van der Waals surface area contributed by atoms with Gasteiger partial charge in [-0.05, 0) is 42.2 Å². The van der Waals surface area contributed by atoms with Gasteiger partial charge in [-0.3, -0.25) is 0 Å². The predicted molar refractivity (Wildman–Crippen MR) is 113 cm³/mol. The van der Waals surface area contributed by atoms with Crippen LogP contribution in [0.3, 0.4) is 0 Å². The molecular weight excluding hydrogens is 445 g/mol. The Morgan fingerprint density at radius 3 is 2.36 bits per heavy atom. The van der Waals surface area contributed by atoms with Crippen LogP contribution < -0.4 is 0 Å². The first-order chi connectivity index (χ1) is 11.6. The summed E-state index contributed by atoms with van der Waals surface area (Å²) in [6, 6.07) is 8.64. The van der Waals surface area contributed by atoms with Crippen molar-refractivity contribution in [2.24, 2.45) is 5.92 Å². The Morgan fingerprint density at radius 1 is 1.16 bits per heavy atom. The number of sulfonamides is 1. The summed E-state index contributed by atoms with van der Waals surface area (Å²) >= 11 is 2.55. The summed E-state index contributed by atoms with van der Waals surface area (Å²) in [6.45, 7) is 10.3. The van der Waals surface area contributed by atoms with Crippen molar-refractivity contribution in [3.05, 3.63) is 35.4 Å². The van der Waals surface area contributed by atoms with Crippen LogP contribution in [0.1, 0.15) is 69.9 Å². The largest absolute Gasteiger partial charge is 0.217 e. The van der Waals surface area contributed by atoms with Crippen molar-refractivity contribution < 1.29 is 8.42 Å². The van der Waals surface area contributed by atoms with Gasteiger partial charge in [-0.25, -0.2) is 12.7 Å². The lowest BCUT2D eigenvalue weighted by atomic mass is 9.73. The van der Waals surface area contributed by atoms with Crippen LogP contribution in [-0.2, 0) is 10.0 Å². The first kappa shape index (κ1) is 19.6. The van der Waals surface area contributed by atoms with Crippen molar-refractivity contribution >= 4 is 32.6 Å². The molecule has 0 aromatic heterocycles. The molecule has 1 heterocycles. The molecule has 1 aliphatic carbocycles. The van der Waals surface area contributed by atoms with Crippen LogP contribution >= 0.6 is 22.6 Å². The fourth-order valence-corrected chi connectivity index (χ4v) is 6.87. The Morgan fingerprint density at radius 2 is 1.80 bits per heavy atom. The highest BCUT2D eigenvalue weighted by Gasteiger charge is 2.46. The Kier molecular flexibility index (Phi) is 5.58. The molecule has 2 fully saturated rings. The molecule has 2 aliphatic rings. The number of halogens is 1. The summed E-state index contributed by atoms with van der Waals surface area (Å²) in [5, 5.41) is -0.113. The molecule has 0 spiro atoms. The van der Waals surface area contributed by atoms with E-state index in [0.717, 1.165) is 19.3 Å². The second-order valence-corrected chi connectivity index (χ2v) is 13.4. The zero-order valence-corrected chi connectivity index (χ0v) is 18.7. The monoisotopic (exact) mass is 475 g/mol. The molecule has 1 aliphatic heterocycles. The lowest BCUT2D eigenvalue weighted by Crippen LogP contribution is -2.48. The second-order valence-electron chi connectivity index (χ2n) is 8.45. The van der Waals surface area contributed by atoms with Crippen LogP contribution in [0.5, 0.6) is 0 Å². The van der Waals surface area contributed by atoms with E-state index >= 15 is 0 Å².